The van der Waals surface area contributed by atoms with Gasteiger partial charge in [0.1, 0.15) is 0 Å². The van der Waals surface area contributed by atoms with E-state index in [1.54, 1.807) is 12.1 Å². The zero-order valence-electron chi connectivity index (χ0n) is 9.70. The molecule has 0 bridgehead atoms. The van der Waals surface area contributed by atoms with E-state index in [0.717, 1.165) is 12.1 Å². The summed E-state index contributed by atoms with van der Waals surface area (Å²) >= 11 is 2.01. The van der Waals surface area contributed by atoms with Crippen LogP contribution in [0.15, 0.2) is 18.2 Å². The molecule has 0 atom stereocenters. The maximum absolute atomic E-state index is 10.7. The van der Waals surface area contributed by atoms with Crippen LogP contribution in [-0.4, -0.2) is 10.5 Å². The minimum Gasteiger partial charge on any atom is -0.380 e. The van der Waals surface area contributed by atoms with Crippen LogP contribution in [0.2, 0.25) is 0 Å². The molecule has 1 aromatic rings. The fourth-order valence-corrected chi connectivity index (χ4v) is 2.92. The van der Waals surface area contributed by atoms with Gasteiger partial charge < -0.3 is 5.32 Å². The Labute approximate surface area is 114 Å². The molecule has 0 radical (unpaired) electrons. The minimum atomic E-state index is -0.343. The van der Waals surface area contributed by atoms with Gasteiger partial charge in [-0.05, 0) is 60.4 Å². The van der Waals surface area contributed by atoms with Gasteiger partial charge in [-0.15, -0.1) is 0 Å². The van der Waals surface area contributed by atoms with Crippen LogP contribution in [0.5, 0.6) is 0 Å². The first-order chi connectivity index (χ1) is 8.06. The van der Waals surface area contributed by atoms with Crippen LogP contribution in [0.4, 0.5) is 11.4 Å². The molecule has 1 aromatic carbocycles. The number of rotatable bonds is 4. The Kier molecular flexibility index (Phi) is 3.56. The normalized spacial score (nSPS) is 17.3. The molecule has 1 saturated carbocycles. The number of nitrogens with one attached hydrogen (secondary N) is 1. The summed E-state index contributed by atoms with van der Waals surface area (Å²) in [5.41, 5.74) is 1.39. The predicted octanol–water partition coefficient (Wildman–Crippen LogP) is 3.94. The average molecular weight is 346 g/mol. The maximum atomic E-state index is 10.7. The first-order valence-electron chi connectivity index (χ1n) is 5.78. The quantitative estimate of drug-likeness (QED) is 0.510. The van der Waals surface area contributed by atoms with E-state index in [1.807, 2.05) is 28.7 Å². The summed E-state index contributed by atoms with van der Waals surface area (Å²) in [6.45, 7) is 2.18. The molecule has 0 saturated heterocycles. The first-order valence-corrected chi connectivity index (χ1v) is 6.86. The highest BCUT2D eigenvalue weighted by atomic mass is 127. The third-order valence-electron chi connectivity index (χ3n) is 3.54. The van der Waals surface area contributed by atoms with Crippen molar-refractivity contribution in [1.29, 1.82) is 0 Å². The summed E-state index contributed by atoms with van der Waals surface area (Å²) < 4.78 is 0.683. The van der Waals surface area contributed by atoms with Gasteiger partial charge in [0.25, 0.3) is 5.69 Å². The van der Waals surface area contributed by atoms with E-state index in [1.165, 1.54) is 19.3 Å². The van der Waals surface area contributed by atoms with Crippen molar-refractivity contribution in [2.75, 3.05) is 5.32 Å². The second-order valence-electron chi connectivity index (χ2n) is 4.54. The smallest absolute Gasteiger partial charge is 0.282 e. The molecule has 0 heterocycles. The van der Waals surface area contributed by atoms with Crippen molar-refractivity contribution in [3.8, 4) is 0 Å². The van der Waals surface area contributed by atoms with Crippen molar-refractivity contribution in [3.63, 3.8) is 0 Å². The molecule has 0 amide bonds. The van der Waals surface area contributed by atoms with Crippen LogP contribution in [0.3, 0.4) is 0 Å². The summed E-state index contributed by atoms with van der Waals surface area (Å²) in [5, 5.41) is 14.2. The summed E-state index contributed by atoms with van der Waals surface area (Å²) in [4.78, 5) is 10.4. The molecular weight excluding hydrogens is 331 g/mol. The van der Waals surface area contributed by atoms with Crippen molar-refractivity contribution in [1.82, 2.24) is 0 Å². The van der Waals surface area contributed by atoms with Gasteiger partial charge in [-0.3, -0.25) is 10.1 Å². The molecule has 1 fully saturated rings. The van der Waals surface area contributed by atoms with Gasteiger partial charge in [-0.1, -0.05) is 6.92 Å². The van der Waals surface area contributed by atoms with Crippen LogP contribution in [0.25, 0.3) is 0 Å². The molecule has 1 aliphatic rings. The van der Waals surface area contributed by atoms with Crippen LogP contribution in [-0.2, 0) is 0 Å². The second kappa shape index (κ2) is 4.80. The van der Waals surface area contributed by atoms with Crippen molar-refractivity contribution < 1.29 is 4.92 Å². The van der Waals surface area contributed by atoms with Crippen LogP contribution < -0.4 is 5.32 Å². The maximum Gasteiger partial charge on any atom is 0.282 e. The number of nitro benzene ring substituents is 1. The fraction of sp³-hybridized carbons (Fsp3) is 0.500. The number of anilines is 1. The topological polar surface area (TPSA) is 55.2 Å². The zero-order chi connectivity index (χ0) is 12.5. The highest BCUT2D eigenvalue weighted by Crippen LogP contribution is 2.38. The van der Waals surface area contributed by atoms with Crippen LogP contribution in [0.1, 0.15) is 32.6 Å². The lowest BCUT2D eigenvalue weighted by Gasteiger charge is -2.43. The van der Waals surface area contributed by atoms with E-state index >= 15 is 0 Å². The Morgan fingerprint density at radius 1 is 1.53 bits per heavy atom. The van der Waals surface area contributed by atoms with E-state index in [9.17, 15) is 10.1 Å². The van der Waals surface area contributed by atoms with E-state index in [-0.39, 0.29) is 16.1 Å². The Morgan fingerprint density at radius 3 is 2.65 bits per heavy atom. The van der Waals surface area contributed by atoms with Gasteiger partial charge >= 0.3 is 0 Å². The SMILES string of the molecule is CCC1(Nc2ccc([N+](=O)[O-])c(I)c2)CCC1. The van der Waals surface area contributed by atoms with Gasteiger partial charge in [0.05, 0.1) is 8.49 Å². The number of hydrogen-bond donors (Lipinski definition) is 1. The molecule has 4 nitrogen and oxygen atoms in total. The zero-order valence-corrected chi connectivity index (χ0v) is 11.9. The Bertz CT molecular complexity index is 439. The number of hydrogen-bond acceptors (Lipinski definition) is 3. The minimum absolute atomic E-state index is 0.176. The average Bonchev–Trinajstić information content (AvgIpc) is 2.23. The third kappa shape index (κ3) is 2.53. The van der Waals surface area contributed by atoms with Gasteiger partial charge in [0.15, 0.2) is 0 Å². The van der Waals surface area contributed by atoms with Crippen LogP contribution >= 0.6 is 22.6 Å². The molecule has 17 heavy (non-hydrogen) atoms. The highest BCUT2D eigenvalue weighted by molar-refractivity contribution is 14.1. The van der Waals surface area contributed by atoms with E-state index in [0.29, 0.717) is 3.57 Å². The van der Waals surface area contributed by atoms with Crippen molar-refractivity contribution >= 4 is 34.0 Å². The lowest BCUT2D eigenvalue weighted by molar-refractivity contribution is -0.385. The van der Waals surface area contributed by atoms with Crippen molar-refractivity contribution in [2.24, 2.45) is 0 Å². The monoisotopic (exact) mass is 346 g/mol. The number of nitro groups is 1. The molecular formula is C12H15IN2O2. The largest absolute Gasteiger partial charge is 0.380 e. The lowest BCUT2D eigenvalue weighted by atomic mass is 9.74. The number of benzene rings is 1. The van der Waals surface area contributed by atoms with E-state index in [2.05, 4.69) is 12.2 Å². The highest BCUT2D eigenvalue weighted by Gasteiger charge is 2.34. The summed E-state index contributed by atoms with van der Waals surface area (Å²) in [7, 11) is 0. The lowest BCUT2D eigenvalue weighted by Crippen LogP contribution is -2.44. The van der Waals surface area contributed by atoms with Gasteiger partial charge in [-0.25, -0.2) is 0 Å². The predicted molar refractivity (Wildman–Crippen MR) is 76.3 cm³/mol. The van der Waals surface area contributed by atoms with E-state index in [4.69, 9.17) is 0 Å². The standard InChI is InChI=1S/C12H15IN2O2/c1-2-12(6-3-7-12)14-9-4-5-11(15(16)17)10(13)8-9/h4-5,8,14H,2-3,6-7H2,1H3. The van der Waals surface area contributed by atoms with Gasteiger partial charge in [-0.2, -0.15) is 0 Å². The Morgan fingerprint density at radius 2 is 2.24 bits per heavy atom. The molecule has 0 spiro atoms. The molecule has 0 aliphatic heterocycles. The van der Waals surface area contributed by atoms with Crippen molar-refractivity contribution in [3.05, 3.63) is 31.9 Å². The summed E-state index contributed by atoms with van der Waals surface area (Å²) in [5.74, 6) is 0. The Balaban J connectivity index is 2.17. The summed E-state index contributed by atoms with van der Waals surface area (Å²) in [6, 6.07) is 5.23. The molecule has 0 unspecified atom stereocenters. The number of halogens is 1. The Hall–Kier alpha value is -0.850. The third-order valence-corrected chi connectivity index (χ3v) is 4.41. The second-order valence-corrected chi connectivity index (χ2v) is 5.70. The molecule has 92 valence electrons. The van der Waals surface area contributed by atoms with E-state index < -0.39 is 0 Å². The fourth-order valence-electron chi connectivity index (χ4n) is 2.21. The molecule has 5 heteroatoms. The molecule has 0 aromatic heterocycles. The molecule has 1 N–H and O–H groups in total. The molecule has 2 rings (SSSR count). The van der Waals surface area contributed by atoms with Gasteiger partial charge in [0.2, 0.25) is 0 Å². The first kappa shape index (κ1) is 12.6. The van der Waals surface area contributed by atoms with Crippen LogP contribution in [0, 0.1) is 13.7 Å². The molecule has 1 aliphatic carbocycles. The number of nitrogens with zero attached hydrogens (tertiary/aromatic N) is 1. The summed E-state index contributed by atoms with van der Waals surface area (Å²) in [6.07, 6.45) is 4.75. The van der Waals surface area contributed by atoms with Gasteiger partial charge in [0, 0.05) is 17.3 Å². The van der Waals surface area contributed by atoms with Crippen molar-refractivity contribution in [2.45, 2.75) is 38.1 Å².